The smallest absolute Gasteiger partial charge is 0.355 e. The van der Waals surface area contributed by atoms with Crippen molar-refractivity contribution >= 4 is 24.1 Å². The highest BCUT2D eigenvalue weighted by molar-refractivity contribution is 7.79. The Morgan fingerprint density at radius 2 is 1.80 bits per heavy atom. The fraction of sp³-hybridized carbons (Fsp3) is 0.474. The van der Waals surface area contributed by atoms with Crippen molar-refractivity contribution in [2.24, 2.45) is 5.41 Å². The lowest BCUT2D eigenvalue weighted by molar-refractivity contribution is -0.141. The number of hydrogen-bond acceptors (Lipinski definition) is 7. The Kier molecular flexibility index (Phi) is 5.58. The minimum Gasteiger partial charge on any atom is -0.355 e. The highest BCUT2D eigenvalue weighted by atomic mass is 32.1. The van der Waals surface area contributed by atoms with E-state index >= 15 is 0 Å². The van der Waals surface area contributed by atoms with Gasteiger partial charge < -0.3 is 10.2 Å². The Bertz CT molecular complexity index is 1020. The second kappa shape index (κ2) is 8.03. The van der Waals surface area contributed by atoms with Crippen LogP contribution in [0.4, 0.5) is 19.0 Å². The molecule has 7 nitrogen and oxygen atoms in total. The van der Waals surface area contributed by atoms with E-state index in [-0.39, 0.29) is 0 Å². The lowest BCUT2D eigenvalue weighted by Gasteiger charge is -2.53. The van der Waals surface area contributed by atoms with Crippen LogP contribution in [-0.4, -0.2) is 56.8 Å². The summed E-state index contributed by atoms with van der Waals surface area (Å²) in [7, 11) is 0. The molecular formula is C19H22F3N7S. The van der Waals surface area contributed by atoms with Gasteiger partial charge in [-0.15, -0.1) is 0 Å². The number of fused-ring (bicyclic) bond motifs is 1. The predicted octanol–water partition coefficient (Wildman–Crippen LogP) is 2.94. The Morgan fingerprint density at radius 1 is 1.07 bits per heavy atom. The Balaban J connectivity index is 0.00000106. The lowest BCUT2D eigenvalue weighted by atomic mass is 9.72. The van der Waals surface area contributed by atoms with Crippen LogP contribution in [0.25, 0.3) is 17.2 Å². The summed E-state index contributed by atoms with van der Waals surface area (Å²) in [6, 6.07) is 1.84. The highest BCUT2D eigenvalue weighted by Crippen LogP contribution is 2.40. The monoisotopic (exact) mass is 437 g/mol. The summed E-state index contributed by atoms with van der Waals surface area (Å²) in [6.07, 6.45) is 4.62. The second-order valence-corrected chi connectivity index (χ2v) is 7.49. The molecular weight excluding hydrogens is 415 g/mol. The third kappa shape index (κ3) is 3.83. The van der Waals surface area contributed by atoms with Crippen LogP contribution < -0.4 is 10.2 Å². The highest BCUT2D eigenvalue weighted by Gasteiger charge is 2.44. The minimum absolute atomic E-state index is 0.314. The molecule has 2 saturated heterocycles. The zero-order chi connectivity index (χ0) is 21.4. The van der Waals surface area contributed by atoms with Crippen LogP contribution in [0.1, 0.15) is 18.5 Å². The zero-order valence-electron chi connectivity index (χ0n) is 16.4. The number of halogens is 3. The molecule has 0 atom stereocenters. The third-order valence-electron chi connectivity index (χ3n) is 5.60. The number of piperidine rings is 1. The van der Waals surface area contributed by atoms with E-state index in [1.807, 2.05) is 6.07 Å². The number of hydrogen-bond donors (Lipinski definition) is 2. The molecule has 0 amide bonds. The van der Waals surface area contributed by atoms with Crippen molar-refractivity contribution in [2.45, 2.75) is 19.0 Å². The molecule has 1 N–H and O–H groups in total. The molecule has 0 aromatic carbocycles. The molecule has 2 aliphatic heterocycles. The van der Waals surface area contributed by atoms with Gasteiger partial charge in [0.1, 0.15) is 11.5 Å². The van der Waals surface area contributed by atoms with Gasteiger partial charge in [0, 0.05) is 30.9 Å². The van der Waals surface area contributed by atoms with Gasteiger partial charge in [-0.05, 0) is 38.3 Å². The van der Waals surface area contributed by atoms with Gasteiger partial charge in [-0.3, -0.25) is 4.40 Å². The maximum atomic E-state index is 13.0. The zero-order valence-corrected chi connectivity index (χ0v) is 17.3. The maximum Gasteiger partial charge on any atom is 0.434 e. The minimum atomic E-state index is -4.53. The van der Waals surface area contributed by atoms with Crippen molar-refractivity contribution in [1.29, 1.82) is 0 Å². The number of thiol groups is 1. The SMILES string of the molecule is CS.FC(F)(F)c1cn2c(-c3nccc(N4CC5(CCNCC5)C4)n3)cnc2cn1. The van der Waals surface area contributed by atoms with Crippen molar-refractivity contribution in [3.8, 4) is 11.5 Å². The summed E-state index contributed by atoms with van der Waals surface area (Å²) in [6.45, 7) is 3.97. The first-order chi connectivity index (χ1) is 14.4. The fourth-order valence-electron chi connectivity index (χ4n) is 4.05. The van der Waals surface area contributed by atoms with E-state index in [1.54, 1.807) is 12.5 Å². The van der Waals surface area contributed by atoms with Gasteiger partial charge in [-0.1, -0.05) is 0 Å². The summed E-state index contributed by atoms with van der Waals surface area (Å²) in [5.74, 6) is 1.13. The molecule has 2 aliphatic rings. The summed E-state index contributed by atoms with van der Waals surface area (Å²) in [4.78, 5) is 18.6. The number of nitrogens with one attached hydrogen (secondary N) is 1. The lowest BCUT2D eigenvalue weighted by Crippen LogP contribution is -2.60. The van der Waals surface area contributed by atoms with Gasteiger partial charge in [0.05, 0.1) is 12.4 Å². The van der Waals surface area contributed by atoms with E-state index in [2.05, 4.69) is 42.8 Å². The average molecular weight is 437 g/mol. The van der Waals surface area contributed by atoms with E-state index in [4.69, 9.17) is 0 Å². The molecule has 11 heteroatoms. The number of imidazole rings is 1. The number of aromatic nitrogens is 5. The Morgan fingerprint density at radius 3 is 2.50 bits per heavy atom. The van der Waals surface area contributed by atoms with Gasteiger partial charge in [0.15, 0.2) is 17.2 Å². The van der Waals surface area contributed by atoms with Crippen molar-refractivity contribution in [1.82, 2.24) is 29.7 Å². The van der Waals surface area contributed by atoms with Crippen LogP contribution in [0, 0.1) is 5.41 Å². The normalized spacial score (nSPS) is 18.1. The van der Waals surface area contributed by atoms with Gasteiger partial charge in [-0.2, -0.15) is 25.8 Å². The quantitative estimate of drug-likeness (QED) is 0.601. The number of anilines is 1. The molecule has 3 aromatic rings. The van der Waals surface area contributed by atoms with E-state index in [1.165, 1.54) is 10.6 Å². The van der Waals surface area contributed by atoms with Gasteiger partial charge in [0.2, 0.25) is 0 Å². The molecule has 0 bridgehead atoms. The number of nitrogens with zero attached hydrogens (tertiary/aromatic N) is 6. The molecule has 3 aromatic heterocycles. The molecule has 2 fully saturated rings. The van der Waals surface area contributed by atoms with Crippen LogP contribution in [0.15, 0.2) is 30.9 Å². The molecule has 0 saturated carbocycles. The van der Waals surface area contributed by atoms with Gasteiger partial charge in [-0.25, -0.2) is 19.9 Å². The average Bonchev–Trinajstić information content (AvgIpc) is 3.17. The predicted molar refractivity (Wildman–Crippen MR) is 111 cm³/mol. The van der Waals surface area contributed by atoms with Crippen LogP contribution in [-0.2, 0) is 6.18 Å². The first kappa shape index (κ1) is 20.9. The molecule has 30 heavy (non-hydrogen) atoms. The first-order valence-electron chi connectivity index (χ1n) is 9.58. The first-order valence-corrected chi connectivity index (χ1v) is 10.5. The van der Waals surface area contributed by atoms with E-state index in [0.29, 0.717) is 22.6 Å². The molecule has 1 spiro atoms. The van der Waals surface area contributed by atoms with Crippen molar-refractivity contribution in [3.63, 3.8) is 0 Å². The maximum absolute atomic E-state index is 13.0. The Labute approximate surface area is 177 Å². The van der Waals surface area contributed by atoms with Crippen LogP contribution in [0.2, 0.25) is 0 Å². The van der Waals surface area contributed by atoms with Crippen LogP contribution in [0.3, 0.4) is 0 Å². The van der Waals surface area contributed by atoms with Crippen molar-refractivity contribution in [2.75, 3.05) is 37.3 Å². The van der Waals surface area contributed by atoms with E-state index in [0.717, 1.165) is 57.2 Å². The number of alkyl halides is 3. The summed E-state index contributed by atoms with van der Waals surface area (Å²) in [5, 5.41) is 3.38. The second-order valence-electron chi connectivity index (χ2n) is 7.49. The van der Waals surface area contributed by atoms with Crippen molar-refractivity contribution < 1.29 is 13.2 Å². The van der Waals surface area contributed by atoms with E-state index < -0.39 is 11.9 Å². The van der Waals surface area contributed by atoms with Gasteiger partial charge in [0.25, 0.3) is 0 Å². The largest absolute Gasteiger partial charge is 0.434 e. The standard InChI is InChI=1S/C18H18F3N7.CH4S/c19-18(20,21)13-9-28-12(7-25-15(28)8-24-13)16-23-4-1-14(26-16)27-10-17(11-27)2-5-22-6-3-17;1-2/h1,4,7-9,22H,2-3,5-6,10-11H2;2H,1H3. The Hall–Kier alpha value is -2.40. The molecule has 160 valence electrons. The van der Waals surface area contributed by atoms with Gasteiger partial charge >= 0.3 is 6.18 Å². The number of rotatable bonds is 2. The summed E-state index contributed by atoms with van der Waals surface area (Å²) in [5.41, 5.74) is 0.0925. The summed E-state index contributed by atoms with van der Waals surface area (Å²) < 4.78 is 40.4. The molecule has 0 radical (unpaired) electrons. The fourth-order valence-corrected chi connectivity index (χ4v) is 4.05. The third-order valence-corrected chi connectivity index (χ3v) is 5.60. The molecule has 5 heterocycles. The van der Waals surface area contributed by atoms with Crippen LogP contribution in [0.5, 0.6) is 0 Å². The molecule has 0 unspecified atom stereocenters. The van der Waals surface area contributed by atoms with Crippen molar-refractivity contribution in [3.05, 3.63) is 36.5 Å². The van der Waals surface area contributed by atoms with E-state index in [9.17, 15) is 13.2 Å². The topological polar surface area (TPSA) is 71.2 Å². The molecule has 5 rings (SSSR count). The summed E-state index contributed by atoms with van der Waals surface area (Å²) >= 11 is 3.53. The molecule has 0 aliphatic carbocycles. The van der Waals surface area contributed by atoms with Crippen LogP contribution >= 0.6 is 12.6 Å².